The summed E-state index contributed by atoms with van der Waals surface area (Å²) >= 11 is 0. The average molecular weight is 564 g/mol. The second kappa shape index (κ2) is 13.5. The van der Waals surface area contributed by atoms with Crippen LogP contribution in [0.1, 0.15) is 44.6 Å². The Morgan fingerprint density at radius 2 is 1.57 bits per heavy atom. The number of carbonyl (C=O) groups excluding carboxylic acids is 2. The molecule has 0 bridgehead atoms. The van der Waals surface area contributed by atoms with Crippen LogP contribution in [0.25, 0.3) is 0 Å². The molecular weight excluding hydrogens is 526 g/mol. The van der Waals surface area contributed by atoms with Gasteiger partial charge in [-0.15, -0.1) is 0 Å². The van der Waals surface area contributed by atoms with Crippen molar-refractivity contribution in [3.8, 4) is 5.75 Å². The van der Waals surface area contributed by atoms with E-state index >= 15 is 0 Å². The number of benzene rings is 3. The number of ether oxygens (including phenoxy) is 1. The molecule has 1 aliphatic rings. The molecule has 212 valence electrons. The number of nitrogens with one attached hydrogen (secondary N) is 1. The lowest BCUT2D eigenvalue weighted by molar-refractivity contribution is -0.139. The lowest BCUT2D eigenvalue weighted by Gasteiger charge is -2.33. The molecule has 1 aliphatic carbocycles. The Hall–Kier alpha value is -3.85. The Labute approximate surface area is 237 Å². The first-order valence-corrected chi connectivity index (χ1v) is 15.1. The van der Waals surface area contributed by atoms with Gasteiger partial charge in [0.05, 0.1) is 17.7 Å². The summed E-state index contributed by atoms with van der Waals surface area (Å²) in [5.74, 6) is -0.271. The predicted molar refractivity (Wildman–Crippen MR) is 155 cm³/mol. The smallest absolute Gasteiger partial charge is 0.264 e. The van der Waals surface area contributed by atoms with E-state index in [1.54, 1.807) is 49.4 Å². The minimum Gasteiger partial charge on any atom is -0.497 e. The Kier molecular flexibility index (Phi) is 9.82. The molecule has 1 saturated carbocycles. The molecule has 1 atom stereocenters. The number of sulfonamides is 1. The number of hydrogen-bond acceptors (Lipinski definition) is 5. The highest BCUT2D eigenvalue weighted by atomic mass is 32.2. The van der Waals surface area contributed by atoms with Crippen LogP contribution < -0.4 is 14.4 Å². The third kappa shape index (κ3) is 7.21. The van der Waals surface area contributed by atoms with Crippen molar-refractivity contribution in [2.45, 2.75) is 62.6 Å². The SMILES string of the molecule is COc1cccc(N(CC(=O)N(Cc2ccccc2)[C@H](C)C(=O)NC2CCCCC2)S(=O)(=O)c2ccccc2)c1. The number of rotatable bonds is 11. The minimum absolute atomic E-state index is 0.0586. The summed E-state index contributed by atoms with van der Waals surface area (Å²) in [7, 11) is -2.62. The number of hydrogen-bond donors (Lipinski definition) is 1. The van der Waals surface area contributed by atoms with Crippen LogP contribution in [0.3, 0.4) is 0 Å². The normalized spacial score (nSPS) is 14.7. The van der Waals surface area contributed by atoms with Gasteiger partial charge >= 0.3 is 0 Å². The molecule has 4 rings (SSSR count). The van der Waals surface area contributed by atoms with Crippen LogP contribution in [0.4, 0.5) is 5.69 Å². The second-order valence-electron chi connectivity index (χ2n) is 10.1. The van der Waals surface area contributed by atoms with Gasteiger partial charge in [-0.1, -0.05) is 73.9 Å². The van der Waals surface area contributed by atoms with Crippen molar-refractivity contribution in [1.29, 1.82) is 0 Å². The van der Waals surface area contributed by atoms with Crippen LogP contribution in [0.15, 0.2) is 89.8 Å². The Morgan fingerprint density at radius 1 is 0.925 bits per heavy atom. The highest BCUT2D eigenvalue weighted by Gasteiger charge is 2.33. The molecule has 1 N–H and O–H groups in total. The van der Waals surface area contributed by atoms with Gasteiger partial charge in [-0.2, -0.15) is 0 Å². The van der Waals surface area contributed by atoms with Gasteiger partial charge in [0.15, 0.2) is 0 Å². The van der Waals surface area contributed by atoms with E-state index in [1.165, 1.54) is 24.1 Å². The van der Waals surface area contributed by atoms with Crippen LogP contribution in [-0.4, -0.2) is 50.9 Å². The van der Waals surface area contributed by atoms with Gasteiger partial charge in [0.2, 0.25) is 11.8 Å². The molecule has 8 nitrogen and oxygen atoms in total. The van der Waals surface area contributed by atoms with Crippen molar-refractivity contribution in [2.24, 2.45) is 0 Å². The maximum Gasteiger partial charge on any atom is 0.264 e. The molecule has 0 heterocycles. The molecule has 9 heteroatoms. The molecule has 1 fully saturated rings. The summed E-state index contributed by atoms with van der Waals surface area (Å²) in [6.45, 7) is 1.37. The fourth-order valence-electron chi connectivity index (χ4n) is 4.95. The molecule has 3 aromatic rings. The number of methoxy groups -OCH3 is 1. The van der Waals surface area contributed by atoms with E-state index in [2.05, 4.69) is 5.32 Å². The fraction of sp³-hybridized carbons (Fsp3) is 0.355. The molecule has 0 aromatic heterocycles. The van der Waals surface area contributed by atoms with Gasteiger partial charge in [-0.25, -0.2) is 8.42 Å². The van der Waals surface area contributed by atoms with Crippen LogP contribution in [0, 0.1) is 0 Å². The molecule has 40 heavy (non-hydrogen) atoms. The van der Waals surface area contributed by atoms with Crippen LogP contribution in [0.2, 0.25) is 0 Å². The van der Waals surface area contributed by atoms with Gasteiger partial charge in [-0.3, -0.25) is 13.9 Å². The molecule has 2 amide bonds. The molecule has 0 unspecified atom stereocenters. The summed E-state index contributed by atoms with van der Waals surface area (Å²) in [5, 5.41) is 3.11. The van der Waals surface area contributed by atoms with E-state index in [0.29, 0.717) is 5.75 Å². The molecule has 0 aliphatic heterocycles. The van der Waals surface area contributed by atoms with E-state index in [9.17, 15) is 18.0 Å². The third-order valence-electron chi connectivity index (χ3n) is 7.27. The van der Waals surface area contributed by atoms with Crippen molar-refractivity contribution in [3.63, 3.8) is 0 Å². The second-order valence-corrected chi connectivity index (χ2v) is 11.9. The lowest BCUT2D eigenvalue weighted by atomic mass is 9.95. The number of anilines is 1. The highest BCUT2D eigenvalue weighted by molar-refractivity contribution is 7.92. The van der Waals surface area contributed by atoms with Gasteiger partial charge in [0.1, 0.15) is 18.3 Å². The summed E-state index contributed by atoms with van der Waals surface area (Å²) in [6, 6.07) is 23.2. The van der Waals surface area contributed by atoms with Crippen LogP contribution >= 0.6 is 0 Å². The average Bonchev–Trinajstić information content (AvgIpc) is 2.99. The van der Waals surface area contributed by atoms with E-state index < -0.39 is 28.5 Å². The van der Waals surface area contributed by atoms with E-state index in [4.69, 9.17) is 4.74 Å². The van der Waals surface area contributed by atoms with Crippen LogP contribution in [-0.2, 0) is 26.2 Å². The summed E-state index contributed by atoms with van der Waals surface area (Å²) in [5.41, 5.74) is 1.13. The van der Waals surface area contributed by atoms with Crippen molar-refractivity contribution >= 4 is 27.5 Å². The van der Waals surface area contributed by atoms with Crippen molar-refractivity contribution in [3.05, 3.63) is 90.5 Å². The first-order valence-electron chi connectivity index (χ1n) is 13.6. The van der Waals surface area contributed by atoms with Crippen molar-refractivity contribution < 1.29 is 22.7 Å². The molecule has 0 spiro atoms. The standard InChI is InChI=1S/C31H37N3O5S/c1-24(31(36)32-26-15-8-4-9-16-26)33(22-25-13-6-3-7-14-25)30(35)23-34(27-17-12-18-28(21-27)39-2)40(37,38)29-19-10-5-11-20-29/h3,5-7,10-14,17-21,24,26H,4,8-9,15-16,22-23H2,1-2H3,(H,32,36)/t24-/m1/s1. The maximum atomic E-state index is 14.0. The number of amides is 2. The zero-order valence-electron chi connectivity index (χ0n) is 23.0. The molecular formula is C31H37N3O5S. The first kappa shape index (κ1) is 29.1. The van der Waals surface area contributed by atoms with Gasteiger partial charge < -0.3 is 15.0 Å². The highest BCUT2D eigenvalue weighted by Crippen LogP contribution is 2.27. The Balaban J connectivity index is 1.66. The van der Waals surface area contributed by atoms with E-state index in [-0.39, 0.29) is 29.1 Å². The predicted octanol–water partition coefficient (Wildman–Crippen LogP) is 4.76. The fourth-order valence-corrected chi connectivity index (χ4v) is 6.37. The van der Waals surface area contributed by atoms with Gasteiger partial charge in [0, 0.05) is 18.7 Å². The monoisotopic (exact) mass is 563 g/mol. The first-order chi connectivity index (χ1) is 19.3. The summed E-state index contributed by atoms with van der Waals surface area (Å²) in [6.07, 6.45) is 5.14. The van der Waals surface area contributed by atoms with Crippen molar-refractivity contribution in [1.82, 2.24) is 10.2 Å². The zero-order valence-corrected chi connectivity index (χ0v) is 23.8. The Morgan fingerprint density at radius 3 is 2.23 bits per heavy atom. The Bertz CT molecular complexity index is 1380. The van der Waals surface area contributed by atoms with Gasteiger partial charge in [0.25, 0.3) is 10.0 Å². The topological polar surface area (TPSA) is 96.0 Å². The van der Waals surface area contributed by atoms with Crippen LogP contribution in [0.5, 0.6) is 5.75 Å². The maximum absolute atomic E-state index is 14.0. The largest absolute Gasteiger partial charge is 0.497 e. The quantitative estimate of drug-likeness (QED) is 0.363. The summed E-state index contributed by atoms with van der Waals surface area (Å²) < 4.78 is 34.1. The molecule has 0 radical (unpaired) electrons. The number of nitrogens with zero attached hydrogens (tertiary/aromatic N) is 2. The molecule has 3 aromatic carbocycles. The lowest BCUT2D eigenvalue weighted by Crippen LogP contribution is -2.53. The zero-order chi connectivity index (χ0) is 28.5. The van der Waals surface area contributed by atoms with E-state index in [0.717, 1.165) is 42.0 Å². The minimum atomic E-state index is -4.12. The van der Waals surface area contributed by atoms with E-state index in [1.807, 2.05) is 30.3 Å². The summed E-state index contributed by atoms with van der Waals surface area (Å²) in [4.78, 5) is 28.9. The molecule has 0 saturated heterocycles. The third-order valence-corrected chi connectivity index (χ3v) is 9.05. The number of carbonyl (C=O) groups is 2. The van der Waals surface area contributed by atoms with Gasteiger partial charge in [-0.05, 0) is 49.6 Å². The van der Waals surface area contributed by atoms with Crippen molar-refractivity contribution in [2.75, 3.05) is 18.0 Å².